The van der Waals surface area contributed by atoms with E-state index in [-0.39, 0.29) is 17.6 Å². The van der Waals surface area contributed by atoms with Gasteiger partial charge in [0, 0.05) is 46.3 Å². The average molecular weight is 486 g/mol. The molecule has 1 saturated heterocycles. The largest absolute Gasteiger partial charge is 0.383 e. The summed E-state index contributed by atoms with van der Waals surface area (Å²) in [6.45, 7) is 3.38. The molecule has 3 heterocycles. The molecule has 0 unspecified atom stereocenters. The van der Waals surface area contributed by atoms with E-state index in [0.29, 0.717) is 45.8 Å². The van der Waals surface area contributed by atoms with Crippen LogP contribution in [0.3, 0.4) is 0 Å². The zero-order valence-electron chi connectivity index (χ0n) is 18.6. The van der Waals surface area contributed by atoms with E-state index in [1.807, 2.05) is 50.1 Å². The summed E-state index contributed by atoms with van der Waals surface area (Å²) in [5, 5.41) is 11.3. The number of piperazine rings is 1. The Morgan fingerprint density at radius 3 is 2.48 bits per heavy atom. The van der Waals surface area contributed by atoms with Crippen LogP contribution >= 0.6 is 23.1 Å². The number of hydrogen-bond donors (Lipinski definition) is 0. The Balaban J connectivity index is 1.32. The first-order valence-electron chi connectivity index (χ1n) is 10.8. The summed E-state index contributed by atoms with van der Waals surface area (Å²) < 4.78 is 7.29. The molecule has 8 nitrogen and oxygen atoms in total. The molecule has 0 atom stereocenters. The van der Waals surface area contributed by atoms with Crippen LogP contribution < -0.4 is 0 Å². The lowest BCUT2D eigenvalue weighted by molar-refractivity contribution is -0.129. The van der Waals surface area contributed by atoms with Crippen molar-refractivity contribution in [2.24, 2.45) is 0 Å². The van der Waals surface area contributed by atoms with Crippen molar-refractivity contribution in [3.05, 3.63) is 64.1 Å². The van der Waals surface area contributed by atoms with Gasteiger partial charge in [0.1, 0.15) is 5.82 Å². The smallest absolute Gasteiger partial charge is 0.264 e. The van der Waals surface area contributed by atoms with Crippen molar-refractivity contribution in [2.75, 3.05) is 45.6 Å². The van der Waals surface area contributed by atoms with Crippen molar-refractivity contribution < 1.29 is 14.3 Å². The molecular formula is C23H27N5O3S2. The van der Waals surface area contributed by atoms with Crippen LogP contribution in [0.5, 0.6) is 0 Å². The number of methoxy groups -OCH3 is 1. The molecule has 0 spiro atoms. The summed E-state index contributed by atoms with van der Waals surface area (Å²) in [5.74, 6) is 1.24. The first-order chi connectivity index (χ1) is 16.2. The second-order valence-electron chi connectivity index (χ2n) is 7.64. The van der Waals surface area contributed by atoms with Crippen LogP contribution in [-0.4, -0.2) is 82.0 Å². The number of benzene rings is 1. The van der Waals surface area contributed by atoms with Gasteiger partial charge in [-0.15, -0.1) is 21.5 Å². The number of carbonyl (C=O) groups is 2. The van der Waals surface area contributed by atoms with Gasteiger partial charge in [0.05, 0.1) is 17.2 Å². The Kier molecular flexibility index (Phi) is 8.14. The number of hydrogen-bond acceptors (Lipinski definition) is 7. The van der Waals surface area contributed by atoms with Crippen LogP contribution in [0.4, 0.5) is 0 Å². The molecule has 0 N–H and O–H groups in total. The van der Waals surface area contributed by atoms with Crippen LogP contribution in [0.2, 0.25) is 0 Å². The normalized spacial score (nSPS) is 14.0. The van der Waals surface area contributed by atoms with Gasteiger partial charge in [-0.1, -0.05) is 48.2 Å². The first kappa shape index (κ1) is 23.5. The van der Waals surface area contributed by atoms with E-state index < -0.39 is 0 Å². The zero-order chi connectivity index (χ0) is 23.0. The van der Waals surface area contributed by atoms with Gasteiger partial charge in [0.15, 0.2) is 5.16 Å². The van der Waals surface area contributed by atoms with Gasteiger partial charge in [0.2, 0.25) is 5.91 Å². The van der Waals surface area contributed by atoms with Crippen LogP contribution in [0.15, 0.2) is 53.0 Å². The second kappa shape index (κ2) is 11.4. The monoisotopic (exact) mass is 485 g/mol. The van der Waals surface area contributed by atoms with Crippen molar-refractivity contribution in [3.63, 3.8) is 0 Å². The SMILES string of the molecule is COCCn1c(Cc2ccccc2)nnc1SCC(=O)N1CCN(C(=O)c2cccs2)CC1. The molecule has 33 heavy (non-hydrogen) atoms. The van der Waals surface area contributed by atoms with Gasteiger partial charge < -0.3 is 19.1 Å². The highest BCUT2D eigenvalue weighted by atomic mass is 32.2. The zero-order valence-corrected chi connectivity index (χ0v) is 20.2. The van der Waals surface area contributed by atoms with E-state index in [9.17, 15) is 9.59 Å². The number of nitrogens with zero attached hydrogens (tertiary/aromatic N) is 5. The first-order valence-corrected chi connectivity index (χ1v) is 12.7. The molecule has 0 radical (unpaired) electrons. The van der Waals surface area contributed by atoms with Crippen LogP contribution in [-0.2, 0) is 22.5 Å². The Morgan fingerprint density at radius 1 is 1.03 bits per heavy atom. The van der Waals surface area contributed by atoms with Crippen molar-refractivity contribution in [3.8, 4) is 0 Å². The van der Waals surface area contributed by atoms with E-state index in [4.69, 9.17) is 4.74 Å². The minimum absolute atomic E-state index is 0.0451. The number of carbonyl (C=O) groups excluding carboxylic acids is 2. The fourth-order valence-electron chi connectivity index (χ4n) is 3.67. The lowest BCUT2D eigenvalue weighted by Gasteiger charge is -2.34. The van der Waals surface area contributed by atoms with Gasteiger partial charge >= 0.3 is 0 Å². The summed E-state index contributed by atoms with van der Waals surface area (Å²) in [5.41, 5.74) is 1.16. The summed E-state index contributed by atoms with van der Waals surface area (Å²) in [4.78, 5) is 29.7. The molecule has 0 bridgehead atoms. The average Bonchev–Trinajstić information content (AvgIpc) is 3.52. The van der Waals surface area contributed by atoms with Gasteiger partial charge in [-0.2, -0.15) is 0 Å². The van der Waals surface area contributed by atoms with Gasteiger partial charge in [0.25, 0.3) is 5.91 Å². The maximum atomic E-state index is 12.8. The lowest BCUT2D eigenvalue weighted by Crippen LogP contribution is -2.51. The lowest BCUT2D eigenvalue weighted by atomic mass is 10.1. The molecule has 1 aliphatic rings. The van der Waals surface area contributed by atoms with Crippen LogP contribution in [0.25, 0.3) is 0 Å². The summed E-state index contributed by atoms with van der Waals surface area (Å²) in [7, 11) is 1.67. The fraction of sp³-hybridized carbons (Fsp3) is 0.391. The van der Waals surface area contributed by atoms with Crippen LogP contribution in [0, 0.1) is 0 Å². The van der Waals surface area contributed by atoms with E-state index in [2.05, 4.69) is 22.3 Å². The molecule has 174 valence electrons. The van der Waals surface area contributed by atoms with Gasteiger partial charge in [-0.3, -0.25) is 9.59 Å². The molecule has 1 fully saturated rings. The predicted octanol–water partition coefficient (Wildman–Crippen LogP) is 2.65. The third kappa shape index (κ3) is 6.01. The maximum absolute atomic E-state index is 12.8. The van der Waals surface area contributed by atoms with Gasteiger partial charge in [-0.25, -0.2) is 0 Å². The number of thioether (sulfide) groups is 1. The van der Waals surface area contributed by atoms with E-state index >= 15 is 0 Å². The molecule has 1 aromatic carbocycles. The number of thiophene rings is 1. The predicted molar refractivity (Wildman–Crippen MR) is 129 cm³/mol. The molecule has 1 aliphatic heterocycles. The van der Waals surface area contributed by atoms with E-state index in [0.717, 1.165) is 21.4 Å². The Bertz CT molecular complexity index is 1050. The van der Waals surface area contributed by atoms with Crippen molar-refractivity contribution in [1.29, 1.82) is 0 Å². The summed E-state index contributed by atoms with van der Waals surface area (Å²) in [6.07, 6.45) is 0.673. The minimum atomic E-state index is 0.0451. The third-order valence-electron chi connectivity index (χ3n) is 5.49. The number of ether oxygens (including phenoxy) is 1. The number of rotatable bonds is 9. The second-order valence-corrected chi connectivity index (χ2v) is 9.53. The summed E-state index contributed by atoms with van der Waals surface area (Å²) in [6, 6.07) is 13.9. The Hall–Kier alpha value is -2.69. The van der Waals surface area contributed by atoms with Gasteiger partial charge in [-0.05, 0) is 17.0 Å². The standard InChI is InChI=1S/C23H27N5O3S2/c1-31-14-13-28-20(16-18-6-3-2-4-7-18)24-25-23(28)33-17-21(29)26-9-11-27(12-10-26)22(30)19-8-5-15-32-19/h2-8,15H,9-14,16-17H2,1H3. The molecule has 0 aliphatic carbocycles. The molecule has 10 heteroatoms. The maximum Gasteiger partial charge on any atom is 0.264 e. The number of aromatic nitrogens is 3. The van der Waals surface area contributed by atoms with E-state index in [1.165, 1.54) is 23.1 Å². The topological polar surface area (TPSA) is 80.6 Å². The summed E-state index contributed by atoms with van der Waals surface area (Å²) >= 11 is 2.85. The van der Waals surface area contributed by atoms with E-state index in [1.54, 1.807) is 7.11 Å². The Labute approximate surface area is 201 Å². The van der Waals surface area contributed by atoms with Crippen molar-refractivity contribution in [2.45, 2.75) is 18.1 Å². The van der Waals surface area contributed by atoms with Crippen molar-refractivity contribution in [1.82, 2.24) is 24.6 Å². The molecule has 3 aromatic rings. The highest BCUT2D eigenvalue weighted by Gasteiger charge is 2.25. The Morgan fingerprint density at radius 2 is 1.79 bits per heavy atom. The van der Waals surface area contributed by atoms with Crippen molar-refractivity contribution >= 4 is 34.9 Å². The minimum Gasteiger partial charge on any atom is -0.383 e. The highest BCUT2D eigenvalue weighted by molar-refractivity contribution is 7.99. The highest BCUT2D eigenvalue weighted by Crippen LogP contribution is 2.20. The molecule has 4 rings (SSSR count). The molecule has 2 aromatic heterocycles. The fourth-order valence-corrected chi connectivity index (χ4v) is 5.25. The third-order valence-corrected chi connectivity index (χ3v) is 7.30. The molecule has 2 amide bonds. The number of amides is 2. The van der Waals surface area contributed by atoms with Crippen LogP contribution in [0.1, 0.15) is 21.1 Å². The molecule has 0 saturated carbocycles. The quantitative estimate of drug-likeness (QED) is 0.434. The molecular weight excluding hydrogens is 458 g/mol.